The Hall–Kier alpha value is -1.15. The van der Waals surface area contributed by atoms with Crippen molar-refractivity contribution in [3.8, 4) is 0 Å². The lowest BCUT2D eigenvalue weighted by Gasteiger charge is -2.53. The van der Waals surface area contributed by atoms with Gasteiger partial charge in [0.2, 0.25) is 0 Å². The van der Waals surface area contributed by atoms with E-state index >= 15 is 0 Å². The van der Waals surface area contributed by atoms with E-state index < -0.39 is 9.84 Å². The molecule has 1 aromatic carbocycles. The Balaban J connectivity index is 1.14. The third-order valence-electron chi connectivity index (χ3n) is 7.59. The molecule has 4 aliphatic rings. The van der Waals surface area contributed by atoms with Gasteiger partial charge in [-0.1, -0.05) is 0 Å². The normalized spacial score (nSPS) is 25.3. The fourth-order valence-electron chi connectivity index (χ4n) is 5.46. The van der Waals surface area contributed by atoms with Crippen molar-refractivity contribution in [1.82, 2.24) is 9.80 Å². The summed E-state index contributed by atoms with van der Waals surface area (Å²) in [5, 5.41) is -0.150. The van der Waals surface area contributed by atoms with Crippen molar-refractivity contribution >= 4 is 15.5 Å². The predicted octanol–water partition coefficient (Wildman–Crippen LogP) is 2.64. The first kappa shape index (κ1) is 21.7. The lowest BCUT2D eigenvalue weighted by molar-refractivity contribution is -0.0832. The van der Waals surface area contributed by atoms with E-state index in [1.807, 2.05) is 12.1 Å². The van der Waals surface area contributed by atoms with Crippen molar-refractivity contribution in [3.63, 3.8) is 0 Å². The standard InChI is InChI=1S/C24H37N3O3S/c1-2-30-24(17-26-14-10-20(11-15-26)16-25-12-3-13-25)18-27(19-24)21-4-6-22(7-5-21)31(28,29)23-8-9-23/h4-7,20,23H,2-3,8-19H2,1H3. The number of ether oxygens (including phenoxy) is 1. The summed E-state index contributed by atoms with van der Waals surface area (Å²) in [7, 11) is -3.11. The SMILES string of the molecule is CCOC1(CN2CCC(CN3CCC3)CC2)CN(c2ccc(S(=O)(=O)C3CC3)cc2)C1. The number of hydrogen-bond acceptors (Lipinski definition) is 6. The number of sulfone groups is 1. The zero-order valence-electron chi connectivity index (χ0n) is 18.8. The molecule has 0 spiro atoms. The van der Waals surface area contributed by atoms with Crippen LogP contribution in [0, 0.1) is 5.92 Å². The first-order valence-corrected chi connectivity index (χ1v) is 13.7. The highest BCUT2D eigenvalue weighted by Crippen LogP contribution is 2.36. The molecule has 0 atom stereocenters. The third-order valence-corrected chi connectivity index (χ3v) is 9.86. The topological polar surface area (TPSA) is 53.1 Å². The Morgan fingerprint density at radius 2 is 1.65 bits per heavy atom. The average Bonchev–Trinajstić information content (AvgIpc) is 3.56. The lowest BCUT2D eigenvalue weighted by Crippen LogP contribution is -2.68. The van der Waals surface area contributed by atoms with Crippen molar-refractivity contribution in [2.75, 3.05) is 63.9 Å². The molecule has 3 heterocycles. The van der Waals surface area contributed by atoms with Gasteiger partial charge in [-0.2, -0.15) is 0 Å². The largest absolute Gasteiger partial charge is 0.370 e. The van der Waals surface area contributed by atoms with Crippen molar-refractivity contribution in [2.24, 2.45) is 5.92 Å². The minimum Gasteiger partial charge on any atom is -0.370 e. The summed E-state index contributed by atoms with van der Waals surface area (Å²) in [6, 6.07) is 7.50. The molecule has 0 amide bonds. The van der Waals surface area contributed by atoms with Gasteiger partial charge < -0.3 is 19.4 Å². The molecule has 0 aromatic heterocycles. The van der Waals surface area contributed by atoms with E-state index in [0.717, 1.165) is 50.7 Å². The molecule has 1 aromatic rings. The van der Waals surface area contributed by atoms with Gasteiger partial charge in [0, 0.05) is 25.4 Å². The van der Waals surface area contributed by atoms with Gasteiger partial charge in [0.15, 0.2) is 9.84 Å². The second kappa shape index (κ2) is 8.65. The van der Waals surface area contributed by atoms with Gasteiger partial charge >= 0.3 is 0 Å². The highest BCUT2D eigenvalue weighted by Gasteiger charge is 2.46. The lowest BCUT2D eigenvalue weighted by atomic mass is 9.89. The van der Waals surface area contributed by atoms with E-state index in [1.165, 1.54) is 52.0 Å². The van der Waals surface area contributed by atoms with Crippen LogP contribution in [0.1, 0.15) is 39.0 Å². The van der Waals surface area contributed by atoms with E-state index in [1.54, 1.807) is 12.1 Å². The zero-order valence-corrected chi connectivity index (χ0v) is 19.7. The summed E-state index contributed by atoms with van der Waals surface area (Å²) in [4.78, 5) is 7.99. The van der Waals surface area contributed by atoms with Crippen molar-refractivity contribution in [3.05, 3.63) is 24.3 Å². The molecule has 6 nitrogen and oxygen atoms in total. The maximum Gasteiger partial charge on any atom is 0.181 e. The first-order chi connectivity index (χ1) is 15.0. The highest BCUT2D eigenvalue weighted by molar-refractivity contribution is 7.92. The van der Waals surface area contributed by atoms with Crippen molar-refractivity contribution in [2.45, 2.75) is 54.8 Å². The van der Waals surface area contributed by atoms with Crippen molar-refractivity contribution < 1.29 is 13.2 Å². The number of rotatable bonds is 9. The molecule has 1 saturated carbocycles. The zero-order chi connectivity index (χ0) is 21.5. The van der Waals surface area contributed by atoms with Gasteiger partial charge in [-0.15, -0.1) is 0 Å². The monoisotopic (exact) mass is 447 g/mol. The van der Waals surface area contributed by atoms with Gasteiger partial charge in [-0.05, 0) is 95.4 Å². The smallest absolute Gasteiger partial charge is 0.181 e. The van der Waals surface area contributed by atoms with Gasteiger partial charge in [-0.3, -0.25) is 0 Å². The molecule has 1 aliphatic carbocycles. The van der Waals surface area contributed by atoms with Crippen molar-refractivity contribution in [1.29, 1.82) is 0 Å². The molecule has 5 rings (SSSR count). The van der Waals surface area contributed by atoms with E-state index in [-0.39, 0.29) is 10.9 Å². The Kier molecular flexibility index (Phi) is 6.05. The summed E-state index contributed by atoms with van der Waals surface area (Å²) in [5.74, 6) is 0.864. The molecular weight excluding hydrogens is 410 g/mol. The molecule has 0 N–H and O–H groups in total. The summed E-state index contributed by atoms with van der Waals surface area (Å²) >= 11 is 0. The van der Waals surface area contributed by atoms with Crippen LogP contribution in [-0.2, 0) is 14.6 Å². The molecule has 31 heavy (non-hydrogen) atoms. The Bertz CT molecular complexity index is 851. The molecule has 0 radical (unpaired) electrons. The maximum atomic E-state index is 12.4. The first-order valence-electron chi connectivity index (χ1n) is 12.1. The second-order valence-corrected chi connectivity index (χ2v) is 12.3. The van der Waals surface area contributed by atoms with Crippen LogP contribution in [0.4, 0.5) is 5.69 Å². The summed E-state index contributed by atoms with van der Waals surface area (Å²) in [5.41, 5.74) is 0.996. The average molecular weight is 448 g/mol. The van der Waals surface area contributed by atoms with Gasteiger partial charge in [0.1, 0.15) is 5.60 Å². The van der Waals surface area contributed by atoms with E-state index in [2.05, 4.69) is 21.6 Å². The molecule has 172 valence electrons. The van der Waals surface area contributed by atoms with Gasteiger partial charge in [-0.25, -0.2) is 8.42 Å². The quantitative estimate of drug-likeness (QED) is 0.580. The minimum absolute atomic E-state index is 0.0994. The Morgan fingerprint density at radius 3 is 2.19 bits per heavy atom. The molecule has 0 bridgehead atoms. The number of likely N-dealkylation sites (tertiary alicyclic amines) is 2. The fraction of sp³-hybridized carbons (Fsp3) is 0.750. The van der Waals surface area contributed by atoms with Gasteiger partial charge in [0.05, 0.1) is 23.2 Å². The van der Waals surface area contributed by atoms with Crippen LogP contribution >= 0.6 is 0 Å². The van der Waals surface area contributed by atoms with Crippen LogP contribution < -0.4 is 4.90 Å². The number of benzene rings is 1. The minimum atomic E-state index is -3.11. The van der Waals surface area contributed by atoms with Crippen LogP contribution in [0.2, 0.25) is 0 Å². The number of piperidine rings is 1. The Morgan fingerprint density at radius 1 is 0.968 bits per heavy atom. The summed E-state index contributed by atoms with van der Waals surface area (Å²) in [6.07, 6.45) is 5.61. The molecular formula is C24H37N3O3S. The summed E-state index contributed by atoms with van der Waals surface area (Å²) in [6.45, 7) is 11.8. The molecule has 7 heteroatoms. The molecule has 3 saturated heterocycles. The van der Waals surface area contributed by atoms with E-state index in [9.17, 15) is 8.42 Å². The molecule has 4 fully saturated rings. The highest BCUT2D eigenvalue weighted by atomic mass is 32.2. The molecule has 3 aliphatic heterocycles. The number of nitrogens with zero attached hydrogens (tertiary/aromatic N) is 3. The van der Waals surface area contributed by atoms with Crippen LogP contribution in [-0.4, -0.2) is 88.0 Å². The van der Waals surface area contributed by atoms with Crippen LogP contribution in [0.25, 0.3) is 0 Å². The number of hydrogen-bond donors (Lipinski definition) is 0. The van der Waals surface area contributed by atoms with Crippen LogP contribution in [0.3, 0.4) is 0 Å². The summed E-state index contributed by atoms with van der Waals surface area (Å²) < 4.78 is 31.1. The number of anilines is 1. The van der Waals surface area contributed by atoms with Crippen LogP contribution in [0.5, 0.6) is 0 Å². The third kappa shape index (κ3) is 4.65. The van der Waals surface area contributed by atoms with Crippen LogP contribution in [0.15, 0.2) is 29.2 Å². The fourth-order valence-corrected chi connectivity index (χ4v) is 7.11. The Labute approximate surface area is 187 Å². The van der Waals surface area contributed by atoms with E-state index in [0.29, 0.717) is 4.90 Å². The maximum absolute atomic E-state index is 12.4. The second-order valence-electron chi connectivity index (χ2n) is 10.1. The van der Waals surface area contributed by atoms with E-state index in [4.69, 9.17) is 4.74 Å². The van der Waals surface area contributed by atoms with Gasteiger partial charge in [0.25, 0.3) is 0 Å². The predicted molar refractivity (Wildman–Crippen MR) is 123 cm³/mol. The molecule has 0 unspecified atom stereocenters.